The number of urea groups is 1. The predicted molar refractivity (Wildman–Crippen MR) is 99.9 cm³/mol. The van der Waals surface area contributed by atoms with E-state index >= 15 is 0 Å². The highest BCUT2D eigenvalue weighted by molar-refractivity contribution is 5.95. The summed E-state index contributed by atoms with van der Waals surface area (Å²) in [5.74, 6) is 0.317. The Morgan fingerprint density at radius 1 is 1.12 bits per heavy atom. The average Bonchev–Trinajstić information content (AvgIpc) is 2.48. The first-order valence-electron chi connectivity index (χ1n) is 8.86. The van der Waals surface area contributed by atoms with Gasteiger partial charge < -0.3 is 15.0 Å². The lowest BCUT2D eigenvalue weighted by molar-refractivity contribution is 0.0525. The van der Waals surface area contributed by atoms with E-state index in [-0.39, 0.29) is 6.03 Å². The summed E-state index contributed by atoms with van der Waals surface area (Å²) in [6.45, 7) is 15.3. The zero-order valence-electron chi connectivity index (χ0n) is 16.5. The molecule has 0 saturated heterocycles. The topological polar surface area (TPSA) is 71.5 Å². The van der Waals surface area contributed by atoms with E-state index < -0.39 is 5.97 Å². The Hall–Kier alpha value is -2.11. The second-order valence-corrected chi connectivity index (χ2v) is 7.10. The number of nitrogens with one attached hydrogen (secondary N) is 1. The van der Waals surface area contributed by atoms with Crippen molar-refractivity contribution in [1.82, 2.24) is 9.88 Å². The molecule has 1 rings (SSSR count). The van der Waals surface area contributed by atoms with Crippen molar-refractivity contribution in [2.75, 3.05) is 25.0 Å². The van der Waals surface area contributed by atoms with Crippen molar-refractivity contribution in [1.29, 1.82) is 0 Å². The highest BCUT2D eigenvalue weighted by Gasteiger charge is 2.19. The van der Waals surface area contributed by atoms with Crippen LogP contribution >= 0.6 is 0 Å². The first-order chi connectivity index (χ1) is 11.6. The van der Waals surface area contributed by atoms with E-state index in [2.05, 4.69) is 38.0 Å². The standard InChI is InChI=1S/C19H31N3O3/c1-8-25-18(23)16-9-17(15(7)20-14(16)6)21-19(24)22(10-12(2)3)11-13(4)5/h9,12-13H,8,10-11H2,1-7H3,(H,21,24). The summed E-state index contributed by atoms with van der Waals surface area (Å²) >= 11 is 0. The lowest BCUT2D eigenvalue weighted by Crippen LogP contribution is -2.40. The molecule has 0 fully saturated rings. The highest BCUT2D eigenvalue weighted by Crippen LogP contribution is 2.19. The van der Waals surface area contributed by atoms with Crippen molar-refractivity contribution in [3.63, 3.8) is 0 Å². The predicted octanol–water partition coefficient (Wildman–Crippen LogP) is 4.02. The quantitative estimate of drug-likeness (QED) is 0.755. The van der Waals surface area contributed by atoms with Crippen molar-refractivity contribution in [2.45, 2.75) is 48.5 Å². The smallest absolute Gasteiger partial charge is 0.340 e. The fourth-order valence-corrected chi connectivity index (χ4v) is 2.58. The minimum absolute atomic E-state index is 0.175. The summed E-state index contributed by atoms with van der Waals surface area (Å²) in [7, 11) is 0. The molecule has 0 bridgehead atoms. The maximum absolute atomic E-state index is 12.7. The van der Waals surface area contributed by atoms with E-state index in [9.17, 15) is 9.59 Å². The number of esters is 1. The summed E-state index contributed by atoms with van der Waals surface area (Å²) in [5, 5.41) is 2.90. The second kappa shape index (κ2) is 9.39. The van der Waals surface area contributed by atoms with E-state index in [1.807, 2.05) is 6.92 Å². The van der Waals surface area contributed by atoms with Crippen molar-refractivity contribution in [3.05, 3.63) is 23.0 Å². The molecule has 0 aliphatic rings. The van der Waals surface area contributed by atoms with Crippen LogP contribution in [0.1, 0.15) is 56.4 Å². The molecule has 140 valence electrons. The molecule has 1 N–H and O–H groups in total. The summed E-state index contributed by atoms with van der Waals surface area (Å²) in [6.07, 6.45) is 0. The van der Waals surface area contributed by atoms with Gasteiger partial charge in [0.15, 0.2) is 0 Å². The third-order valence-electron chi connectivity index (χ3n) is 3.60. The highest BCUT2D eigenvalue weighted by atomic mass is 16.5. The van der Waals surface area contributed by atoms with Crippen LogP contribution in [0.2, 0.25) is 0 Å². The molecule has 0 aliphatic carbocycles. The lowest BCUT2D eigenvalue weighted by Gasteiger charge is -2.27. The van der Waals surface area contributed by atoms with Gasteiger partial charge in [-0.05, 0) is 38.7 Å². The monoisotopic (exact) mass is 349 g/mol. The molecule has 0 radical (unpaired) electrons. The number of rotatable bonds is 7. The number of amides is 2. The molecule has 0 saturated carbocycles. The molecule has 0 aliphatic heterocycles. The van der Waals surface area contributed by atoms with Crippen molar-refractivity contribution < 1.29 is 14.3 Å². The van der Waals surface area contributed by atoms with Crippen molar-refractivity contribution in [3.8, 4) is 0 Å². The number of anilines is 1. The van der Waals surface area contributed by atoms with Gasteiger partial charge in [-0.25, -0.2) is 9.59 Å². The maximum atomic E-state index is 12.7. The van der Waals surface area contributed by atoms with Crippen LogP contribution in [0.3, 0.4) is 0 Å². The number of aryl methyl sites for hydroxylation is 2. The Morgan fingerprint density at radius 3 is 2.16 bits per heavy atom. The Labute approximate surface area is 151 Å². The largest absolute Gasteiger partial charge is 0.462 e. The number of nitrogens with zero attached hydrogens (tertiary/aromatic N) is 2. The SMILES string of the molecule is CCOC(=O)c1cc(NC(=O)N(CC(C)C)CC(C)C)c(C)nc1C. The van der Waals surface area contributed by atoms with Crippen LogP contribution in [0.15, 0.2) is 6.07 Å². The van der Waals surface area contributed by atoms with Crippen LogP contribution in [0.4, 0.5) is 10.5 Å². The first-order valence-corrected chi connectivity index (χ1v) is 8.86. The number of ether oxygens (including phenoxy) is 1. The number of pyridine rings is 1. The summed E-state index contributed by atoms with van der Waals surface area (Å²) in [6, 6.07) is 1.47. The Morgan fingerprint density at radius 2 is 1.68 bits per heavy atom. The molecular formula is C19H31N3O3. The number of hydrogen-bond donors (Lipinski definition) is 1. The van der Waals surface area contributed by atoms with Gasteiger partial charge in [0, 0.05) is 13.1 Å². The zero-order valence-corrected chi connectivity index (χ0v) is 16.5. The summed E-state index contributed by atoms with van der Waals surface area (Å²) in [5.41, 5.74) is 2.18. The third kappa shape index (κ3) is 6.36. The van der Waals surface area contributed by atoms with Crippen molar-refractivity contribution >= 4 is 17.7 Å². The first kappa shape index (κ1) is 20.9. The van der Waals surface area contributed by atoms with Gasteiger partial charge in [-0.1, -0.05) is 27.7 Å². The molecule has 1 aromatic heterocycles. The molecule has 0 aromatic carbocycles. The number of aromatic nitrogens is 1. The molecule has 0 unspecified atom stereocenters. The van der Waals surface area contributed by atoms with Crippen LogP contribution in [0, 0.1) is 25.7 Å². The third-order valence-corrected chi connectivity index (χ3v) is 3.60. The Kier molecular flexibility index (Phi) is 7.87. The van der Waals surface area contributed by atoms with Gasteiger partial charge in [-0.2, -0.15) is 0 Å². The molecule has 6 nitrogen and oxygen atoms in total. The molecule has 1 aromatic rings. The number of carbonyl (C=O) groups excluding carboxylic acids is 2. The van der Waals surface area contributed by atoms with Gasteiger partial charge in [-0.15, -0.1) is 0 Å². The maximum Gasteiger partial charge on any atom is 0.340 e. The van der Waals surface area contributed by atoms with Gasteiger partial charge in [-0.3, -0.25) is 4.98 Å². The number of carbonyl (C=O) groups is 2. The van der Waals surface area contributed by atoms with Crippen LogP contribution in [0.5, 0.6) is 0 Å². The van der Waals surface area contributed by atoms with E-state index in [1.54, 1.807) is 24.8 Å². The molecule has 0 atom stereocenters. The van der Waals surface area contributed by atoms with E-state index in [0.29, 0.717) is 54.2 Å². The average molecular weight is 349 g/mol. The molecule has 0 spiro atoms. The minimum atomic E-state index is -0.427. The van der Waals surface area contributed by atoms with Crippen LogP contribution in [-0.4, -0.2) is 41.6 Å². The van der Waals surface area contributed by atoms with Crippen LogP contribution in [-0.2, 0) is 4.74 Å². The second-order valence-electron chi connectivity index (χ2n) is 7.10. The van der Waals surface area contributed by atoms with Crippen LogP contribution < -0.4 is 5.32 Å². The molecule has 6 heteroatoms. The Bertz CT molecular complexity index is 602. The molecular weight excluding hydrogens is 318 g/mol. The normalized spacial score (nSPS) is 10.9. The summed E-state index contributed by atoms with van der Waals surface area (Å²) < 4.78 is 5.06. The molecule has 25 heavy (non-hydrogen) atoms. The van der Waals surface area contributed by atoms with E-state index in [0.717, 1.165) is 0 Å². The Balaban J connectivity index is 3.04. The summed E-state index contributed by atoms with van der Waals surface area (Å²) in [4.78, 5) is 30.9. The minimum Gasteiger partial charge on any atom is -0.462 e. The van der Waals surface area contributed by atoms with E-state index in [4.69, 9.17) is 4.74 Å². The fraction of sp³-hybridized carbons (Fsp3) is 0.632. The zero-order chi connectivity index (χ0) is 19.1. The molecule has 2 amide bonds. The van der Waals surface area contributed by atoms with E-state index in [1.165, 1.54) is 0 Å². The van der Waals surface area contributed by atoms with Crippen LogP contribution in [0.25, 0.3) is 0 Å². The lowest BCUT2D eigenvalue weighted by atomic mass is 10.1. The van der Waals surface area contributed by atoms with Gasteiger partial charge in [0.1, 0.15) is 0 Å². The van der Waals surface area contributed by atoms with Gasteiger partial charge in [0.05, 0.1) is 29.2 Å². The van der Waals surface area contributed by atoms with Crippen molar-refractivity contribution in [2.24, 2.45) is 11.8 Å². The number of hydrogen-bond acceptors (Lipinski definition) is 4. The fourth-order valence-electron chi connectivity index (χ4n) is 2.58. The molecule has 1 heterocycles. The van der Waals surface area contributed by atoms with Gasteiger partial charge in [0.2, 0.25) is 0 Å². The van der Waals surface area contributed by atoms with Gasteiger partial charge >= 0.3 is 12.0 Å². The van der Waals surface area contributed by atoms with Gasteiger partial charge in [0.25, 0.3) is 0 Å².